The summed E-state index contributed by atoms with van der Waals surface area (Å²) in [7, 11) is 1.88. The zero-order valence-corrected chi connectivity index (χ0v) is 14.3. The lowest BCUT2D eigenvalue weighted by Crippen LogP contribution is -2.40. The van der Waals surface area contributed by atoms with Gasteiger partial charge in [-0.3, -0.25) is 4.90 Å². The van der Waals surface area contributed by atoms with E-state index in [1.165, 1.54) is 6.42 Å². The first-order chi connectivity index (χ1) is 11.1. The minimum absolute atomic E-state index is 0.207. The van der Waals surface area contributed by atoms with Crippen molar-refractivity contribution in [3.05, 3.63) is 35.1 Å². The van der Waals surface area contributed by atoms with Crippen molar-refractivity contribution in [2.45, 2.75) is 25.8 Å². The molecule has 0 unspecified atom stereocenters. The highest BCUT2D eigenvalue weighted by atomic mass is 35.5. The number of rotatable bonds is 5. The second kappa shape index (κ2) is 7.27. The molecule has 1 aliphatic rings. The standard InChI is InChI=1S/C16H22ClN5O/c1-12(16-18-19-20-21(16)2)22-9-5-6-13(10-22)11-23-15-8-4-3-7-14(15)17/h3-4,7-8,12-13H,5-6,9-11H2,1-2H3/t12-,13-/m0/s1. The molecule has 1 aromatic heterocycles. The van der Waals surface area contributed by atoms with Crippen molar-refractivity contribution in [2.24, 2.45) is 13.0 Å². The zero-order chi connectivity index (χ0) is 16.2. The summed E-state index contributed by atoms with van der Waals surface area (Å²) in [5, 5.41) is 12.5. The van der Waals surface area contributed by atoms with Crippen molar-refractivity contribution in [2.75, 3.05) is 19.7 Å². The number of piperidine rings is 1. The Morgan fingerprint density at radius 1 is 1.39 bits per heavy atom. The minimum atomic E-state index is 0.207. The van der Waals surface area contributed by atoms with Gasteiger partial charge in [-0.15, -0.1) is 5.10 Å². The molecule has 1 aliphatic heterocycles. The van der Waals surface area contributed by atoms with Crippen molar-refractivity contribution < 1.29 is 4.74 Å². The average molecular weight is 336 g/mol. The zero-order valence-electron chi connectivity index (χ0n) is 13.5. The lowest BCUT2D eigenvalue weighted by Gasteiger charge is -2.35. The molecule has 3 rings (SSSR count). The molecule has 23 heavy (non-hydrogen) atoms. The molecule has 1 saturated heterocycles. The normalized spacial score (nSPS) is 20.4. The predicted molar refractivity (Wildman–Crippen MR) is 88.5 cm³/mol. The molecule has 0 bridgehead atoms. The van der Waals surface area contributed by atoms with Gasteiger partial charge in [-0.2, -0.15) is 0 Å². The van der Waals surface area contributed by atoms with Gasteiger partial charge in [0.2, 0.25) is 0 Å². The van der Waals surface area contributed by atoms with E-state index in [0.717, 1.165) is 31.1 Å². The Morgan fingerprint density at radius 2 is 2.22 bits per heavy atom. The molecule has 0 N–H and O–H groups in total. The summed E-state index contributed by atoms with van der Waals surface area (Å²) < 4.78 is 7.66. The number of aromatic nitrogens is 4. The van der Waals surface area contributed by atoms with E-state index in [4.69, 9.17) is 16.3 Å². The van der Waals surface area contributed by atoms with Crippen molar-refractivity contribution in [1.82, 2.24) is 25.1 Å². The lowest BCUT2D eigenvalue weighted by molar-refractivity contribution is 0.0961. The van der Waals surface area contributed by atoms with Crippen LogP contribution >= 0.6 is 11.6 Å². The number of nitrogens with zero attached hydrogens (tertiary/aromatic N) is 5. The van der Waals surface area contributed by atoms with Crippen LogP contribution < -0.4 is 4.74 Å². The van der Waals surface area contributed by atoms with Crippen molar-refractivity contribution in [3.8, 4) is 5.75 Å². The molecule has 7 heteroatoms. The Morgan fingerprint density at radius 3 is 2.96 bits per heavy atom. The summed E-state index contributed by atoms with van der Waals surface area (Å²) in [5.74, 6) is 2.15. The highest BCUT2D eigenvalue weighted by Gasteiger charge is 2.27. The molecule has 6 nitrogen and oxygen atoms in total. The maximum atomic E-state index is 6.15. The summed E-state index contributed by atoms with van der Waals surface area (Å²) in [6, 6.07) is 7.83. The minimum Gasteiger partial charge on any atom is -0.492 e. The van der Waals surface area contributed by atoms with Crippen LogP contribution in [0.3, 0.4) is 0 Å². The fourth-order valence-electron chi connectivity index (χ4n) is 3.11. The van der Waals surface area contributed by atoms with Gasteiger partial charge in [-0.1, -0.05) is 23.7 Å². The third kappa shape index (κ3) is 3.82. The highest BCUT2D eigenvalue weighted by molar-refractivity contribution is 6.32. The van der Waals surface area contributed by atoms with Crippen molar-refractivity contribution in [3.63, 3.8) is 0 Å². The first-order valence-electron chi connectivity index (χ1n) is 7.98. The van der Waals surface area contributed by atoms with E-state index >= 15 is 0 Å². The third-order valence-electron chi connectivity index (χ3n) is 4.44. The molecule has 1 aromatic carbocycles. The van der Waals surface area contributed by atoms with Crippen LogP contribution in [0, 0.1) is 5.92 Å². The third-order valence-corrected chi connectivity index (χ3v) is 4.75. The van der Waals surface area contributed by atoms with E-state index in [2.05, 4.69) is 27.3 Å². The number of aryl methyl sites for hydroxylation is 1. The van der Waals surface area contributed by atoms with Gasteiger partial charge in [0, 0.05) is 19.5 Å². The quantitative estimate of drug-likeness (QED) is 0.841. The smallest absolute Gasteiger partial charge is 0.167 e. The van der Waals surface area contributed by atoms with Crippen molar-refractivity contribution >= 4 is 11.6 Å². The van der Waals surface area contributed by atoms with Gasteiger partial charge in [-0.05, 0) is 48.9 Å². The summed E-state index contributed by atoms with van der Waals surface area (Å²) in [6.45, 7) is 4.89. The van der Waals surface area contributed by atoms with Gasteiger partial charge in [0.05, 0.1) is 17.7 Å². The number of benzene rings is 1. The molecule has 0 radical (unpaired) electrons. The molecule has 1 fully saturated rings. The van der Waals surface area contributed by atoms with E-state index in [0.29, 0.717) is 17.5 Å². The monoisotopic (exact) mass is 335 g/mol. The molecule has 2 aromatic rings. The van der Waals surface area contributed by atoms with Crippen molar-refractivity contribution in [1.29, 1.82) is 0 Å². The molecule has 2 atom stereocenters. The largest absolute Gasteiger partial charge is 0.492 e. The van der Waals surface area contributed by atoms with Crippen LogP contribution in [-0.2, 0) is 7.05 Å². The maximum absolute atomic E-state index is 6.15. The number of likely N-dealkylation sites (tertiary alicyclic amines) is 1. The molecule has 0 spiro atoms. The number of hydrogen-bond acceptors (Lipinski definition) is 5. The van der Waals surface area contributed by atoms with Gasteiger partial charge in [0.25, 0.3) is 0 Å². The van der Waals surface area contributed by atoms with Crippen LogP contribution in [0.5, 0.6) is 5.75 Å². The maximum Gasteiger partial charge on any atom is 0.167 e. The van der Waals surface area contributed by atoms with Gasteiger partial charge in [0.1, 0.15) is 5.75 Å². The van der Waals surface area contributed by atoms with Gasteiger partial charge in [-0.25, -0.2) is 4.68 Å². The van der Waals surface area contributed by atoms with E-state index in [1.807, 2.05) is 31.3 Å². The van der Waals surface area contributed by atoms with E-state index < -0.39 is 0 Å². The number of tetrazole rings is 1. The Kier molecular flexibility index (Phi) is 5.13. The second-order valence-corrected chi connectivity index (χ2v) is 6.49. The summed E-state index contributed by atoms with van der Waals surface area (Å²) in [6.07, 6.45) is 2.33. The van der Waals surface area contributed by atoms with Crippen LogP contribution in [0.2, 0.25) is 5.02 Å². The van der Waals surface area contributed by atoms with E-state index in [-0.39, 0.29) is 6.04 Å². The SMILES string of the molecule is C[C@@H](c1nnnn1C)N1CCC[C@H](COc2ccccc2Cl)C1. The Labute approximate surface area is 141 Å². The van der Waals surface area contributed by atoms with Crippen LogP contribution in [-0.4, -0.2) is 44.8 Å². The first-order valence-corrected chi connectivity index (χ1v) is 8.36. The van der Waals surface area contributed by atoms with E-state index in [1.54, 1.807) is 4.68 Å². The predicted octanol–water partition coefficient (Wildman–Crippen LogP) is 2.72. The highest BCUT2D eigenvalue weighted by Crippen LogP contribution is 2.27. The number of halogens is 1. The number of ether oxygens (including phenoxy) is 1. The lowest BCUT2D eigenvalue weighted by atomic mass is 9.97. The topological polar surface area (TPSA) is 56.1 Å². The molecule has 124 valence electrons. The Balaban J connectivity index is 1.58. The van der Waals surface area contributed by atoms with Crippen LogP contribution in [0.1, 0.15) is 31.6 Å². The molecule has 0 amide bonds. The van der Waals surface area contributed by atoms with Crippen LogP contribution in [0.4, 0.5) is 0 Å². The second-order valence-electron chi connectivity index (χ2n) is 6.08. The average Bonchev–Trinajstić information content (AvgIpc) is 3.00. The van der Waals surface area contributed by atoms with Crippen LogP contribution in [0.25, 0.3) is 0 Å². The molecule has 2 heterocycles. The first kappa shape index (κ1) is 16.2. The number of hydrogen-bond donors (Lipinski definition) is 0. The van der Waals surface area contributed by atoms with Gasteiger partial charge >= 0.3 is 0 Å². The summed E-state index contributed by atoms with van der Waals surface area (Å²) in [5.41, 5.74) is 0. The Bertz CT molecular complexity index is 647. The van der Waals surface area contributed by atoms with Gasteiger partial charge < -0.3 is 4.74 Å². The molecular weight excluding hydrogens is 314 g/mol. The summed E-state index contributed by atoms with van der Waals surface area (Å²) >= 11 is 6.15. The summed E-state index contributed by atoms with van der Waals surface area (Å²) in [4.78, 5) is 2.43. The van der Waals surface area contributed by atoms with E-state index in [9.17, 15) is 0 Å². The fourth-order valence-corrected chi connectivity index (χ4v) is 3.30. The van der Waals surface area contributed by atoms with Gasteiger partial charge in [0.15, 0.2) is 5.82 Å². The van der Waals surface area contributed by atoms with Crippen LogP contribution in [0.15, 0.2) is 24.3 Å². The number of para-hydroxylation sites is 1. The molecular formula is C16H22ClN5O. The molecule has 0 aliphatic carbocycles. The fraction of sp³-hybridized carbons (Fsp3) is 0.562. The Hall–Kier alpha value is -1.66. The molecule has 0 saturated carbocycles.